The minimum absolute atomic E-state index is 0.0676. The van der Waals surface area contributed by atoms with Gasteiger partial charge in [-0.3, -0.25) is 4.98 Å². The number of hydrogen-bond donors (Lipinski definition) is 1. The van der Waals surface area contributed by atoms with E-state index in [-0.39, 0.29) is 11.0 Å². The highest BCUT2D eigenvalue weighted by Crippen LogP contribution is 2.29. The van der Waals surface area contributed by atoms with Crippen molar-refractivity contribution in [2.24, 2.45) is 0 Å². The average molecular weight is 368 g/mol. The van der Waals surface area contributed by atoms with Crippen LogP contribution in [0, 0.1) is 0 Å². The summed E-state index contributed by atoms with van der Waals surface area (Å²) in [7, 11) is 0. The van der Waals surface area contributed by atoms with E-state index in [9.17, 15) is 4.79 Å². The van der Waals surface area contributed by atoms with E-state index in [0.717, 1.165) is 17.0 Å². The summed E-state index contributed by atoms with van der Waals surface area (Å²) in [6.45, 7) is 6.32. The molecule has 0 saturated heterocycles. The summed E-state index contributed by atoms with van der Waals surface area (Å²) in [4.78, 5) is 24.4. The molecule has 0 fully saturated rings. The van der Waals surface area contributed by atoms with Gasteiger partial charge < -0.3 is 5.11 Å². The third-order valence-corrected chi connectivity index (χ3v) is 4.25. The summed E-state index contributed by atoms with van der Waals surface area (Å²) in [5.41, 5.74) is 3.30. The molecule has 0 unspecified atom stereocenters. The Morgan fingerprint density at radius 3 is 2.42 bits per heavy atom. The second-order valence-corrected chi connectivity index (χ2v) is 7.35. The smallest absolute Gasteiger partial charge is 0.335 e. The van der Waals surface area contributed by atoms with E-state index in [2.05, 4.69) is 35.7 Å². The zero-order chi connectivity index (χ0) is 18.9. The van der Waals surface area contributed by atoms with Gasteiger partial charge in [0.1, 0.15) is 0 Å². The predicted molar refractivity (Wildman–Crippen MR) is 101 cm³/mol. The lowest BCUT2D eigenvalue weighted by molar-refractivity contribution is 0.0697. The van der Waals surface area contributed by atoms with Crippen molar-refractivity contribution >= 4 is 17.6 Å². The van der Waals surface area contributed by atoms with E-state index in [0.29, 0.717) is 16.4 Å². The van der Waals surface area contributed by atoms with Gasteiger partial charge in [-0.1, -0.05) is 32.4 Å². The Labute approximate surface area is 156 Å². The number of aromatic nitrogens is 3. The largest absolute Gasteiger partial charge is 0.478 e. The highest BCUT2D eigenvalue weighted by atomic mass is 35.5. The molecule has 0 aliphatic carbocycles. The highest BCUT2D eigenvalue weighted by molar-refractivity contribution is 6.33. The van der Waals surface area contributed by atoms with E-state index in [1.807, 2.05) is 18.2 Å². The maximum atomic E-state index is 11.1. The summed E-state index contributed by atoms with van der Waals surface area (Å²) in [6, 6.07) is 10.3. The minimum atomic E-state index is -1.03. The lowest BCUT2D eigenvalue weighted by Crippen LogP contribution is -2.13. The number of carbonyl (C=O) groups is 1. The fourth-order valence-corrected chi connectivity index (χ4v) is 2.74. The summed E-state index contributed by atoms with van der Waals surface area (Å²) < 4.78 is 0. The molecule has 3 aromatic rings. The van der Waals surface area contributed by atoms with Crippen LogP contribution in [0.25, 0.3) is 22.6 Å². The first-order valence-electron chi connectivity index (χ1n) is 8.09. The monoisotopic (exact) mass is 367 g/mol. The van der Waals surface area contributed by atoms with Gasteiger partial charge in [-0.15, -0.1) is 0 Å². The fourth-order valence-electron chi connectivity index (χ4n) is 2.48. The lowest BCUT2D eigenvalue weighted by Gasteiger charge is -2.18. The van der Waals surface area contributed by atoms with Crippen LogP contribution in [0.4, 0.5) is 0 Å². The molecule has 1 N–H and O–H groups in total. The second kappa shape index (κ2) is 6.84. The number of aromatic carboxylic acids is 1. The molecule has 6 heteroatoms. The maximum Gasteiger partial charge on any atom is 0.335 e. The fraction of sp³-hybridized carbons (Fsp3) is 0.200. The van der Waals surface area contributed by atoms with Gasteiger partial charge in [-0.05, 0) is 36.4 Å². The van der Waals surface area contributed by atoms with Crippen molar-refractivity contribution < 1.29 is 9.90 Å². The Balaban J connectivity index is 2.03. The Hall–Kier alpha value is -2.79. The standard InChI is InChI=1S/C20H18ClN3O2/c1-20(2,3)17-11-12(6-8-22-17)16-7-9-23-18(24-16)14-5-4-13(19(25)26)10-15(14)21/h4-11H,1-3H3,(H,25,26). The Morgan fingerprint density at radius 1 is 1.04 bits per heavy atom. The number of hydrogen-bond acceptors (Lipinski definition) is 4. The van der Waals surface area contributed by atoms with Gasteiger partial charge in [0, 0.05) is 34.6 Å². The van der Waals surface area contributed by atoms with Crippen molar-refractivity contribution in [3.8, 4) is 22.6 Å². The quantitative estimate of drug-likeness (QED) is 0.715. The van der Waals surface area contributed by atoms with Crippen LogP contribution in [0.15, 0.2) is 48.8 Å². The molecule has 0 spiro atoms. The van der Waals surface area contributed by atoms with Crippen LogP contribution >= 0.6 is 11.6 Å². The van der Waals surface area contributed by atoms with Crippen LogP contribution in [0.5, 0.6) is 0 Å². The first kappa shape index (κ1) is 18.0. The third kappa shape index (κ3) is 3.73. The van der Waals surface area contributed by atoms with Crippen molar-refractivity contribution in [2.75, 3.05) is 0 Å². The summed E-state index contributed by atoms with van der Waals surface area (Å²) in [5.74, 6) is -0.585. The maximum absolute atomic E-state index is 11.1. The third-order valence-electron chi connectivity index (χ3n) is 3.94. The minimum Gasteiger partial charge on any atom is -0.478 e. The number of halogens is 1. The molecular formula is C20H18ClN3O2. The van der Waals surface area contributed by atoms with Gasteiger partial charge in [0.15, 0.2) is 5.82 Å². The molecule has 2 heterocycles. The number of rotatable bonds is 3. The van der Waals surface area contributed by atoms with E-state index in [1.165, 1.54) is 12.1 Å². The van der Waals surface area contributed by atoms with Crippen LogP contribution in [0.3, 0.4) is 0 Å². The van der Waals surface area contributed by atoms with Crippen molar-refractivity contribution in [1.82, 2.24) is 15.0 Å². The SMILES string of the molecule is CC(C)(C)c1cc(-c2ccnc(-c3ccc(C(=O)O)cc3Cl)n2)ccn1. The van der Waals surface area contributed by atoms with Crippen molar-refractivity contribution in [2.45, 2.75) is 26.2 Å². The molecule has 132 valence electrons. The number of carboxylic acid groups (broad SMARTS) is 1. The molecular weight excluding hydrogens is 350 g/mol. The summed E-state index contributed by atoms with van der Waals surface area (Å²) in [5, 5.41) is 9.36. The van der Waals surface area contributed by atoms with Crippen molar-refractivity contribution in [3.05, 3.63) is 65.1 Å². The second-order valence-electron chi connectivity index (χ2n) is 6.95. The molecule has 0 radical (unpaired) electrons. The van der Waals surface area contributed by atoms with Gasteiger partial charge in [-0.2, -0.15) is 0 Å². The molecule has 0 saturated carbocycles. The molecule has 3 rings (SSSR count). The van der Waals surface area contributed by atoms with Gasteiger partial charge in [0.25, 0.3) is 0 Å². The number of pyridine rings is 1. The van der Waals surface area contributed by atoms with E-state index in [4.69, 9.17) is 16.7 Å². The van der Waals surface area contributed by atoms with Crippen LogP contribution in [0.1, 0.15) is 36.8 Å². The zero-order valence-corrected chi connectivity index (χ0v) is 15.4. The molecule has 0 atom stereocenters. The van der Waals surface area contributed by atoms with Gasteiger partial charge in [-0.25, -0.2) is 14.8 Å². The molecule has 0 bridgehead atoms. The Kier molecular flexibility index (Phi) is 4.74. The summed E-state index contributed by atoms with van der Waals surface area (Å²) >= 11 is 6.24. The predicted octanol–water partition coefficient (Wildman–Crippen LogP) is 4.85. The van der Waals surface area contributed by atoms with Crippen LogP contribution < -0.4 is 0 Å². The van der Waals surface area contributed by atoms with Gasteiger partial charge in [0.2, 0.25) is 0 Å². The van der Waals surface area contributed by atoms with E-state index in [1.54, 1.807) is 18.5 Å². The molecule has 1 aromatic carbocycles. The van der Waals surface area contributed by atoms with Crippen LogP contribution in [-0.2, 0) is 5.41 Å². The van der Waals surface area contributed by atoms with Crippen molar-refractivity contribution in [1.29, 1.82) is 0 Å². The zero-order valence-electron chi connectivity index (χ0n) is 14.7. The van der Waals surface area contributed by atoms with E-state index < -0.39 is 5.97 Å². The topological polar surface area (TPSA) is 76.0 Å². The van der Waals surface area contributed by atoms with Crippen molar-refractivity contribution in [3.63, 3.8) is 0 Å². The normalized spacial score (nSPS) is 11.4. The van der Waals surface area contributed by atoms with Crippen LogP contribution in [-0.4, -0.2) is 26.0 Å². The molecule has 26 heavy (non-hydrogen) atoms. The molecule has 5 nitrogen and oxygen atoms in total. The first-order valence-corrected chi connectivity index (χ1v) is 8.46. The molecule has 0 aliphatic heterocycles. The lowest BCUT2D eigenvalue weighted by atomic mass is 9.90. The van der Waals surface area contributed by atoms with Crippen LogP contribution in [0.2, 0.25) is 5.02 Å². The number of benzene rings is 1. The average Bonchev–Trinajstić information content (AvgIpc) is 2.61. The first-order chi connectivity index (χ1) is 12.3. The number of nitrogens with zero attached hydrogens (tertiary/aromatic N) is 3. The molecule has 0 aliphatic rings. The van der Waals surface area contributed by atoms with Gasteiger partial charge >= 0.3 is 5.97 Å². The van der Waals surface area contributed by atoms with Gasteiger partial charge in [0.05, 0.1) is 16.3 Å². The van der Waals surface area contributed by atoms with E-state index >= 15 is 0 Å². The molecule has 2 aromatic heterocycles. The number of carboxylic acids is 1. The Morgan fingerprint density at radius 2 is 1.77 bits per heavy atom. The Bertz CT molecular complexity index is 981. The molecule has 0 amide bonds. The summed E-state index contributed by atoms with van der Waals surface area (Å²) in [6.07, 6.45) is 3.43. The highest BCUT2D eigenvalue weighted by Gasteiger charge is 2.17.